The third-order valence-electron chi connectivity index (χ3n) is 4.62. The SMILES string of the molecule is O=C(NCC1(c2ccccc2)CCCC1)c1cccc(F)c1. The van der Waals surface area contributed by atoms with Gasteiger partial charge in [0.25, 0.3) is 5.91 Å². The summed E-state index contributed by atoms with van der Waals surface area (Å²) in [5, 5.41) is 3.00. The molecule has 0 aromatic heterocycles. The summed E-state index contributed by atoms with van der Waals surface area (Å²) in [5.41, 5.74) is 1.68. The van der Waals surface area contributed by atoms with Gasteiger partial charge >= 0.3 is 0 Å². The molecule has 1 amide bonds. The van der Waals surface area contributed by atoms with E-state index < -0.39 is 0 Å². The zero-order valence-electron chi connectivity index (χ0n) is 12.5. The molecule has 1 aliphatic rings. The summed E-state index contributed by atoms with van der Waals surface area (Å²) in [6, 6.07) is 16.2. The Bertz CT molecular complexity index is 647. The molecule has 0 heterocycles. The molecule has 0 bridgehead atoms. The number of hydrogen-bond donors (Lipinski definition) is 1. The molecule has 0 spiro atoms. The van der Waals surface area contributed by atoms with E-state index in [0.717, 1.165) is 12.8 Å². The molecular weight excluding hydrogens is 277 g/mol. The Morgan fingerprint density at radius 1 is 1.05 bits per heavy atom. The number of carbonyl (C=O) groups is 1. The van der Waals surface area contributed by atoms with Gasteiger partial charge in [0.15, 0.2) is 0 Å². The van der Waals surface area contributed by atoms with Crippen LogP contribution >= 0.6 is 0 Å². The number of nitrogens with one attached hydrogen (secondary N) is 1. The van der Waals surface area contributed by atoms with Crippen LogP contribution in [0.15, 0.2) is 54.6 Å². The van der Waals surface area contributed by atoms with Crippen LogP contribution in [0.4, 0.5) is 4.39 Å². The van der Waals surface area contributed by atoms with E-state index in [1.165, 1.54) is 30.5 Å². The van der Waals surface area contributed by atoms with Crippen molar-refractivity contribution < 1.29 is 9.18 Å². The van der Waals surface area contributed by atoms with Crippen LogP contribution in [0.3, 0.4) is 0 Å². The summed E-state index contributed by atoms with van der Waals surface area (Å²) in [7, 11) is 0. The second-order valence-corrected chi connectivity index (χ2v) is 6.05. The fourth-order valence-corrected chi connectivity index (χ4v) is 3.39. The van der Waals surface area contributed by atoms with Crippen LogP contribution < -0.4 is 5.32 Å². The first-order valence-electron chi connectivity index (χ1n) is 7.79. The number of carbonyl (C=O) groups excluding carboxylic acids is 1. The van der Waals surface area contributed by atoms with Crippen LogP contribution in [0.5, 0.6) is 0 Å². The standard InChI is InChI=1S/C19H20FNO/c20-17-10-6-7-15(13-17)18(22)21-14-19(11-4-5-12-19)16-8-2-1-3-9-16/h1-3,6-10,13H,4-5,11-12,14H2,(H,21,22). The summed E-state index contributed by atoms with van der Waals surface area (Å²) < 4.78 is 13.2. The Balaban J connectivity index is 1.74. The summed E-state index contributed by atoms with van der Waals surface area (Å²) in [6.07, 6.45) is 4.54. The number of rotatable bonds is 4. The van der Waals surface area contributed by atoms with Crippen LogP contribution in [0.25, 0.3) is 0 Å². The monoisotopic (exact) mass is 297 g/mol. The molecule has 0 unspecified atom stereocenters. The van der Waals surface area contributed by atoms with Gasteiger partial charge < -0.3 is 5.32 Å². The number of amides is 1. The van der Waals surface area contributed by atoms with Crippen molar-refractivity contribution in [2.24, 2.45) is 0 Å². The van der Waals surface area contributed by atoms with Crippen LogP contribution in [0.2, 0.25) is 0 Å². The first-order chi connectivity index (χ1) is 10.7. The number of hydrogen-bond acceptors (Lipinski definition) is 1. The second kappa shape index (κ2) is 6.30. The van der Waals surface area contributed by atoms with Gasteiger partial charge in [0.2, 0.25) is 0 Å². The molecule has 3 rings (SSSR count). The molecule has 114 valence electrons. The van der Waals surface area contributed by atoms with E-state index in [2.05, 4.69) is 17.4 Å². The molecule has 2 nitrogen and oxygen atoms in total. The average molecular weight is 297 g/mol. The van der Waals surface area contributed by atoms with E-state index in [1.807, 2.05) is 18.2 Å². The normalized spacial score (nSPS) is 16.4. The van der Waals surface area contributed by atoms with Crippen LogP contribution in [0, 0.1) is 5.82 Å². The summed E-state index contributed by atoms with van der Waals surface area (Å²) in [6.45, 7) is 0.604. The van der Waals surface area contributed by atoms with Gasteiger partial charge in [-0.2, -0.15) is 0 Å². The van der Waals surface area contributed by atoms with Gasteiger partial charge in [-0.3, -0.25) is 4.79 Å². The highest BCUT2D eigenvalue weighted by Gasteiger charge is 2.35. The predicted octanol–water partition coefficient (Wildman–Crippen LogP) is 4.07. The van der Waals surface area contributed by atoms with Crippen molar-refractivity contribution in [3.8, 4) is 0 Å². The molecule has 0 radical (unpaired) electrons. The summed E-state index contributed by atoms with van der Waals surface area (Å²) in [4.78, 5) is 12.2. The van der Waals surface area contributed by atoms with Crippen molar-refractivity contribution in [3.63, 3.8) is 0 Å². The maximum atomic E-state index is 13.2. The third-order valence-corrected chi connectivity index (χ3v) is 4.62. The van der Waals surface area contributed by atoms with Gasteiger partial charge in [-0.05, 0) is 36.6 Å². The lowest BCUT2D eigenvalue weighted by molar-refractivity contribution is 0.0942. The van der Waals surface area contributed by atoms with Gasteiger partial charge in [-0.25, -0.2) is 4.39 Å². The van der Waals surface area contributed by atoms with Crippen LogP contribution in [0.1, 0.15) is 41.6 Å². The molecule has 1 saturated carbocycles. The summed E-state index contributed by atoms with van der Waals surface area (Å²) in [5.74, 6) is -0.590. The van der Waals surface area contributed by atoms with Gasteiger partial charge in [0.1, 0.15) is 5.82 Å². The van der Waals surface area contributed by atoms with E-state index >= 15 is 0 Å². The lowest BCUT2D eigenvalue weighted by atomic mass is 9.79. The highest BCUT2D eigenvalue weighted by Crippen LogP contribution is 2.40. The summed E-state index contributed by atoms with van der Waals surface area (Å²) >= 11 is 0. The molecule has 1 aliphatic carbocycles. The smallest absolute Gasteiger partial charge is 0.251 e. The molecule has 1 N–H and O–H groups in total. The quantitative estimate of drug-likeness (QED) is 0.905. The van der Waals surface area contributed by atoms with Crippen LogP contribution in [-0.2, 0) is 5.41 Å². The molecule has 22 heavy (non-hydrogen) atoms. The highest BCUT2D eigenvalue weighted by atomic mass is 19.1. The predicted molar refractivity (Wildman–Crippen MR) is 85.3 cm³/mol. The highest BCUT2D eigenvalue weighted by molar-refractivity contribution is 5.94. The van der Waals surface area contributed by atoms with E-state index in [0.29, 0.717) is 12.1 Å². The Kier molecular flexibility index (Phi) is 4.23. The number of halogens is 1. The van der Waals surface area contributed by atoms with Crippen LogP contribution in [-0.4, -0.2) is 12.5 Å². The van der Waals surface area contributed by atoms with Gasteiger partial charge in [0.05, 0.1) is 0 Å². The molecule has 0 aliphatic heterocycles. The fraction of sp³-hybridized carbons (Fsp3) is 0.316. The minimum atomic E-state index is -0.383. The average Bonchev–Trinajstić information content (AvgIpc) is 3.04. The Morgan fingerprint density at radius 3 is 2.45 bits per heavy atom. The van der Waals surface area contributed by atoms with Crippen molar-refractivity contribution in [1.82, 2.24) is 5.32 Å². The van der Waals surface area contributed by atoms with Crippen molar-refractivity contribution in [3.05, 3.63) is 71.5 Å². The number of benzene rings is 2. The van der Waals surface area contributed by atoms with Crippen molar-refractivity contribution in [2.75, 3.05) is 6.54 Å². The molecule has 2 aromatic rings. The van der Waals surface area contributed by atoms with Crippen molar-refractivity contribution in [2.45, 2.75) is 31.1 Å². The van der Waals surface area contributed by atoms with Gasteiger partial charge in [0, 0.05) is 17.5 Å². The van der Waals surface area contributed by atoms with E-state index in [4.69, 9.17) is 0 Å². The van der Waals surface area contributed by atoms with E-state index in [-0.39, 0.29) is 17.1 Å². The first-order valence-corrected chi connectivity index (χ1v) is 7.79. The van der Waals surface area contributed by atoms with Crippen molar-refractivity contribution in [1.29, 1.82) is 0 Å². The van der Waals surface area contributed by atoms with Gasteiger partial charge in [-0.15, -0.1) is 0 Å². The maximum Gasteiger partial charge on any atom is 0.251 e. The molecule has 2 aromatic carbocycles. The van der Waals surface area contributed by atoms with Crippen molar-refractivity contribution >= 4 is 5.91 Å². The zero-order valence-corrected chi connectivity index (χ0v) is 12.5. The zero-order chi connectivity index (χ0) is 15.4. The third kappa shape index (κ3) is 3.03. The molecule has 1 fully saturated rings. The largest absolute Gasteiger partial charge is 0.351 e. The lowest BCUT2D eigenvalue weighted by Crippen LogP contribution is -2.39. The van der Waals surface area contributed by atoms with E-state index in [9.17, 15) is 9.18 Å². The topological polar surface area (TPSA) is 29.1 Å². The minimum Gasteiger partial charge on any atom is -0.351 e. The Labute approximate surface area is 130 Å². The first kappa shape index (κ1) is 14.8. The lowest BCUT2D eigenvalue weighted by Gasteiger charge is -2.30. The minimum absolute atomic E-state index is 0.0181. The Hall–Kier alpha value is -2.16. The molecular formula is C19H20FNO. The fourth-order valence-electron chi connectivity index (χ4n) is 3.39. The molecule has 3 heteroatoms. The second-order valence-electron chi connectivity index (χ2n) is 6.05. The molecule has 0 saturated heterocycles. The maximum absolute atomic E-state index is 13.2. The Morgan fingerprint density at radius 2 is 1.77 bits per heavy atom. The van der Waals surface area contributed by atoms with Gasteiger partial charge in [-0.1, -0.05) is 49.2 Å². The van der Waals surface area contributed by atoms with E-state index in [1.54, 1.807) is 12.1 Å². The molecule has 0 atom stereocenters.